The molecule has 0 bridgehead atoms. The van der Waals surface area contributed by atoms with Crippen LogP contribution in [0.25, 0.3) is 0 Å². The minimum atomic E-state index is -3.59. The van der Waals surface area contributed by atoms with E-state index < -0.39 is 16.0 Å². The van der Waals surface area contributed by atoms with Crippen molar-refractivity contribution in [1.82, 2.24) is 18.8 Å². The maximum Gasteiger partial charge on any atom is 0.317 e. The number of carbonyl (C=O) groups is 1. The molecule has 2 heterocycles. The quantitative estimate of drug-likeness (QED) is 0.782. The molecule has 0 amide bonds. The van der Waals surface area contributed by atoms with Gasteiger partial charge in [-0.15, -0.1) is 0 Å². The van der Waals surface area contributed by atoms with Crippen molar-refractivity contribution in [3.05, 3.63) is 12.5 Å². The van der Waals surface area contributed by atoms with Crippen LogP contribution in [0, 0.1) is 0 Å². The van der Waals surface area contributed by atoms with E-state index in [-0.39, 0.29) is 18.1 Å². The van der Waals surface area contributed by atoms with Crippen LogP contribution in [-0.2, 0) is 21.9 Å². The number of nitrogens with zero attached hydrogens (tertiary/aromatic N) is 4. The predicted octanol–water partition coefficient (Wildman–Crippen LogP) is -0.799. The Morgan fingerprint density at radius 3 is 2.70 bits per heavy atom. The molecule has 1 fully saturated rings. The number of aromatic nitrogens is 2. The largest absolute Gasteiger partial charge is 0.480 e. The molecular formula is C11H18N4O4S. The molecule has 0 aliphatic carbocycles. The Balaban J connectivity index is 2.08. The zero-order valence-electron chi connectivity index (χ0n) is 11.3. The van der Waals surface area contributed by atoms with Crippen LogP contribution >= 0.6 is 0 Å². The summed E-state index contributed by atoms with van der Waals surface area (Å²) in [6.45, 7) is 1.61. The van der Waals surface area contributed by atoms with E-state index in [1.807, 2.05) is 0 Å². The molecule has 0 radical (unpaired) electrons. The first-order chi connectivity index (χ1) is 9.39. The molecule has 0 aromatic carbocycles. The SMILES string of the molecule is Cn1cnc(S(=O)(=O)N2CCCN(CC(=O)O)CC2)c1. The van der Waals surface area contributed by atoms with E-state index in [4.69, 9.17) is 5.11 Å². The number of rotatable bonds is 4. The third kappa shape index (κ3) is 3.35. The maximum atomic E-state index is 12.4. The number of aryl methyl sites for hydroxylation is 1. The van der Waals surface area contributed by atoms with Crippen LogP contribution in [0.2, 0.25) is 0 Å². The van der Waals surface area contributed by atoms with Crippen molar-refractivity contribution in [2.75, 3.05) is 32.7 Å². The molecule has 1 N–H and O–H groups in total. The summed E-state index contributed by atoms with van der Waals surface area (Å²) in [4.78, 5) is 16.3. The van der Waals surface area contributed by atoms with E-state index in [1.165, 1.54) is 16.8 Å². The van der Waals surface area contributed by atoms with E-state index in [0.717, 1.165) is 0 Å². The lowest BCUT2D eigenvalue weighted by molar-refractivity contribution is -0.138. The van der Waals surface area contributed by atoms with Gasteiger partial charge in [-0.05, 0) is 6.42 Å². The summed E-state index contributed by atoms with van der Waals surface area (Å²) < 4.78 is 27.8. The van der Waals surface area contributed by atoms with E-state index in [0.29, 0.717) is 26.1 Å². The van der Waals surface area contributed by atoms with Gasteiger partial charge in [0.2, 0.25) is 0 Å². The summed E-state index contributed by atoms with van der Waals surface area (Å²) >= 11 is 0. The van der Waals surface area contributed by atoms with E-state index in [9.17, 15) is 13.2 Å². The predicted molar refractivity (Wildman–Crippen MR) is 70.7 cm³/mol. The molecule has 8 nitrogen and oxygen atoms in total. The molecular weight excluding hydrogens is 284 g/mol. The lowest BCUT2D eigenvalue weighted by atomic mass is 10.4. The maximum absolute atomic E-state index is 12.4. The summed E-state index contributed by atoms with van der Waals surface area (Å²) in [5, 5.41) is 8.81. The molecule has 1 saturated heterocycles. The van der Waals surface area contributed by atoms with Crippen LogP contribution in [-0.4, -0.2) is 71.0 Å². The van der Waals surface area contributed by atoms with Gasteiger partial charge in [0.25, 0.3) is 10.0 Å². The molecule has 1 aromatic rings. The van der Waals surface area contributed by atoms with Gasteiger partial charge >= 0.3 is 5.97 Å². The molecule has 0 unspecified atom stereocenters. The van der Waals surface area contributed by atoms with E-state index >= 15 is 0 Å². The minimum absolute atomic E-state index is 0.0340. The summed E-state index contributed by atoms with van der Waals surface area (Å²) in [5.74, 6) is -0.897. The number of sulfonamides is 1. The van der Waals surface area contributed by atoms with Crippen molar-refractivity contribution in [3.8, 4) is 0 Å². The van der Waals surface area contributed by atoms with Crippen LogP contribution in [0.15, 0.2) is 17.6 Å². The van der Waals surface area contributed by atoms with Crippen molar-refractivity contribution < 1.29 is 18.3 Å². The highest BCUT2D eigenvalue weighted by Crippen LogP contribution is 2.15. The van der Waals surface area contributed by atoms with Crippen molar-refractivity contribution in [2.24, 2.45) is 7.05 Å². The van der Waals surface area contributed by atoms with Gasteiger partial charge in [-0.25, -0.2) is 13.4 Å². The summed E-state index contributed by atoms with van der Waals surface area (Å²) in [5.41, 5.74) is 0. The topological polar surface area (TPSA) is 95.7 Å². The standard InChI is InChI=1S/C11H18N4O4S/c1-13-7-10(12-9-13)20(18,19)15-4-2-3-14(5-6-15)8-11(16)17/h7,9H,2-6,8H2,1H3,(H,16,17). The number of carboxylic acids is 1. The minimum Gasteiger partial charge on any atom is -0.480 e. The summed E-state index contributed by atoms with van der Waals surface area (Å²) in [6, 6.07) is 0. The zero-order valence-corrected chi connectivity index (χ0v) is 12.1. The fourth-order valence-corrected chi connectivity index (χ4v) is 3.63. The van der Waals surface area contributed by atoms with Crippen molar-refractivity contribution in [1.29, 1.82) is 0 Å². The molecule has 112 valence electrons. The molecule has 1 aromatic heterocycles. The first kappa shape index (κ1) is 14.9. The number of hydrogen-bond acceptors (Lipinski definition) is 5. The highest BCUT2D eigenvalue weighted by atomic mass is 32.2. The van der Waals surface area contributed by atoms with Gasteiger partial charge in [0.05, 0.1) is 12.9 Å². The third-order valence-corrected chi connectivity index (χ3v) is 4.98. The van der Waals surface area contributed by atoms with Gasteiger partial charge in [-0.2, -0.15) is 4.31 Å². The Morgan fingerprint density at radius 1 is 1.35 bits per heavy atom. The first-order valence-electron chi connectivity index (χ1n) is 6.32. The van der Waals surface area contributed by atoms with Crippen LogP contribution in [0.3, 0.4) is 0 Å². The zero-order chi connectivity index (χ0) is 14.8. The van der Waals surface area contributed by atoms with Crippen molar-refractivity contribution >= 4 is 16.0 Å². The molecule has 1 aliphatic rings. The molecule has 20 heavy (non-hydrogen) atoms. The highest BCUT2D eigenvalue weighted by Gasteiger charge is 2.28. The molecule has 9 heteroatoms. The fourth-order valence-electron chi connectivity index (χ4n) is 2.19. The Labute approximate surface area is 117 Å². The summed E-state index contributed by atoms with van der Waals surface area (Å²) in [6.07, 6.45) is 3.52. The lowest BCUT2D eigenvalue weighted by Crippen LogP contribution is -2.36. The van der Waals surface area contributed by atoms with Gasteiger partial charge in [0.15, 0.2) is 5.03 Å². The Kier molecular flexibility index (Phi) is 4.41. The van der Waals surface area contributed by atoms with E-state index in [1.54, 1.807) is 16.5 Å². The van der Waals surface area contributed by atoms with Gasteiger partial charge in [0, 0.05) is 39.4 Å². The van der Waals surface area contributed by atoms with Crippen molar-refractivity contribution in [2.45, 2.75) is 11.4 Å². The number of hydrogen-bond donors (Lipinski definition) is 1. The Bertz CT molecular complexity index is 583. The fraction of sp³-hybridized carbons (Fsp3) is 0.636. The second-order valence-electron chi connectivity index (χ2n) is 4.80. The van der Waals surface area contributed by atoms with Crippen LogP contribution in [0.1, 0.15) is 6.42 Å². The van der Waals surface area contributed by atoms with Crippen LogP contribution in [0.5, 0.6) is 0 Å². The molecule has 0 spiro atoms. The van der Waals surface area contributed by atoms with Crippen LogP contribution in [0.4, 0.5) is 0 Å². The lowest BCUT2D eigenvalue weighted by Gasteiger charge is -2.19. The third-order valence-electron chi connectivity index (χ3n) is 3.19. The normalized spacial score (nSPS) is 18.9. The molecule has 2 rings (SSSR count). The Morgan fingerprint density at radius 2 is 2.10 bits per heavy atom. The second-order valence-corrected chi connectivity index (χ2v) is 6.69. The van der Waals surface area contributed by atoms with Gasteiger partial charge in [-0.1, -0.05) is 0 Å². The first-order valence-corrected chi connectivity index (χ1v) is 7.76. The van der Waals surface area contributed by atoms with Gasteiger partial charge < -0.3 is 9.67 Å². The number of aliphatic carboxylic acids is 1. The molecule has 1 aliphatic heterocycles. The highest BCUT2D eigenvalue weighted by molar-refractivity contribution is 7.89. The monoisotopic (exact) mass is 302 g/mol. The van der Waals surface area contributed by atoms with E-state index in [2.05, 4.69) is 4.98 Å². The van der Waals surface area contributed by atoms with Gasteiger partial charge in [-0.3, -0.25) is 9.69 Å². The number of imidazole rings is 1. The average Bonchev–Trinajstić information content (AvgIpc) is 2.66. The smallest absolute Gasteiger partial charge is 0.317 e. The van der Waals surface area contributed by atoms with Gasteiger partial charge in [0.1, 0.15) is 0 Å². The average molecular weight is 302 g/mol. The van der Waals surface area contributed by atoms with Crippen molar-refractivity contribution in [3.63, 3.8) is 0 Å². The van der Waals surface area contributed by atoms with Crippen LogP contribution < -0.4 is 0 Å². The summed E-state index contributed by atoms with van der Waals surface area (Å²) in [7, 11) is -1.88. The second kappa shape index (κ2) is 5.90. The number of carboxylic acid groups (broad SMARTS) is 1. The molecule has 0 atom stereocenters. The Hall–Kier alpha value is -1.45. The molecule has 0 saturated carbocycles.